The van der Waals surface area contributed by atoms with Crippen LogP contribution in [0.15, 0.2) is 35.9 Å². The second-order valence-electron chi connectivity index (χ2n) is 18.1. The van der Waals surface area contributed by atoms with Crippen molar-refractivity contribution in [3.05, 3.63) is 41.5 Å². The van der Waals surface area contributed by atoms with Gasteiger partial charge in [0.1, 0.15) is 23.6 Å². The molecule has 312 valence electrons. The molecule has 0 aromatic heterocycles. The maximum atomic E-state index is 14.6. The zero-order chi connectivity index (χ0) is 40.7. The lowest BCUT2D eigenvalue weighted by Crippen LogP contribution is -2.60. The van der Waals surface area contributed by atoms with Crippen LogP contribution in [0.4, 0.5) is 5.69 Å². The average molecular weight is 783 g/mol. The Balaban J connectivity index is 1.44. The Bertz CT molecular complexity index is 1620. The van der Waals surface area contributed by atoms with Crippen molar-refractivity contribution in [3.8, 4) is 0 Å². The monoisotopic (exact) mass is 782 g/mol. The molecule has 4 fully saturated rings. The Hall–Kier alpha value is -2.87. The fraction of sp³-hybridized carbons (Fsp3) is 0.750. The van der Waals surface area contributed by atoms with E-state index in [0.717, 1.165) is 24.2 Å². The standard InChI is InChI=1S/C44H66N2O10/c1-11-35-44(8)32(19-36(47)56-44)26(4)37(48)24(2)20-43(7)40(55-42-38(49)34(46(9)10)16-25(3)53-42)27(5)39(28(6)41(50)54-35)51-22-30(23-52-43)17-29-18-31-14-12-13-15-33(31)45-21-29/h12-15,17,24-29,32,34-35,38-40,42,45,49H,11,16,18-23H2,1-10H3/t24-,25-,26-,27-,28-,29?,32+,34+,35-,38-,39+,40-,42+,43-,44+/m1/s1. The van der Waals surface area contributed by atoms with Crippen molar-refractivity contribution in [1.29, 1.82) is 0 Å². The summed E-state index contributed by atoms with van der Waals surface area (Å²) in [5, 5.41) is 15.3. The zero-order valence-electron chi connectivity index (χ0n) is 35.1. The van der Waals surface area contributed by atoms with Gasteiger partial charge in [0.05, 0.1) is 49.5 Å². The first-order valence-corrected chi connectivity index (χ1v) is 20.8. The lowest BCUT2D eigenvalue weighted by Gasteiger charge is -2.48. The van der Waals surface area contributed by atoms with Gasteiger partial charge < -0.3 is 43.7 Å². The van der Waals surface area contributed by atoms with Gasteiger partial charge in [-0.2, -0.15) is 0 Å². The summed E-state index contributed by atoms with van der Waals surface area (Å²) in [5.74, 6) is -3.65. The highest BCUT2D eigenvalue weighted by molar-refractivity contribution is 5.85. The van der Waals surface area contributed by atoms with Crippen LogP contribution in [0.25, 0.3) is 0 Å². The van der Waals surface area contributed by atoms with Gasteiger partial charge in [-0.1, -0.05) is 52.0 Å². The largest absolute Gasteiger partial charge is 0.458 e. The third-order valence-corrected chi connectivity index (χ3v) is 13.6. The minimum absolute atomic E-state index is 0.0343. The Labute approximate surface area is 333 Å². The molecule has 12 nitrogen and oxygen atoms in total. The molecule has 56 heavy (non-hydrogen) atoms. The number of aliphatic hydroxyl groups is 1. The van der Waals surface area contributed by atoms with Crippen molar-refractivity contribution >= 4 is 23.4 Å². The summed E-state index contributed by atoms with van der Waals surface area (Å²) in [6.45, 7) is 16.3. The number of hydrogen-bond donors (Lipinski definition) is 2. The summed E-state index contributed by atoms with van der Waals surface area (Å²) in [4.78, 5) is 43.9. The molecule has 5 aliphatic heterocycles. The summed E-state index contributed by atoms with van der Waals surface area (Å²) in [6.07, 6.45) is -0.0701. The predicted molar refractivity (Wildman–Crippen MR) is 211 cm³/mol. The highest BCUT2D eigenvalue weighted by Crippen LogP contribution is 2.46. The Morgan fingerprint density at radius 3 is 2.46 bits per heavy atom. The quantitative estimate of drug-likeness (QED) is 0.294. The van der Waals surface area contributed by atoms with Gasteiger partial charge >= 0.3 is 11.9 Å². The van der Waals surface area contributed by atoms with Crippen LogP contribution < -0.4 is 5.32 Å². The molecule has 2 bridgehead atoms. The first-order chi connectivity index (χ1) is 26.4. The van der Waals surface area contributed by atoms with Gasteiger partial charge in [0.25, 0.3) is 0 Å². The first-order valence-electron chi connectivity index (χ1n) is 20.8. The first kappa shape index (κ1) is 42.7. The number of benzene rings is 1. The summed E-state index contributed by atoms with van der Waals surface area (Å²) >= 11 is 0. The van der Waals surface area contributed by atoms with Gasteiger partial charge in [-0.3, -0.25) is 14.4 Å². The molecule has 0 aliphatic carbocycles. The molecule has 1 aromatic rings. The third kappa shape index (κ3) is 8.61. The molecule has 1 unspecified atom stereocenters. The Morgan fingerprint density at radius 1 is 1.02 bits per heavy atom. The van der Waals surface area contributed by atoms with E-state index in [0.29, 0.717) is 12.8 Å². The number of Topliss-reactive ketones (excluding diaryl/α,β-unsaturated/α-hetero) is 1. The van der Waals surface area contributed by atoms with Crippen LogP contribution in [-0.4, -0.2) is 116 Å². The topological polar surface area (TPSA) is 142 Å². The number of carbonyl (C=O) groups is 3. The van der Waals surface area contributed by atoms with E-state index in [1.165, 1.54) is 5.56 Å². The van der Waals surface area contributed by atoms with Gasteiger partial charge in [0.2, 0.25) is 0 Å². The van der Waals surface area contributed by atoms with Gasteiger partial charge in [0.15, 0.2) is 6.29 Å². The van der Waals surface area contributed by atoms with Crippen LogP contribution in [0, 0.1) is 35.5 Å². The van der Waals surface area contributed by atoms with Crippen LogP contribution in [0.3, 0.4) is 0 Å². The molecule has 4 saturated heterocycles. The Kier molecular flexibility index (Phi) is 13.1. The lowest BCUT2D eigenvalue weighted by atomic mass is 9.70. The van der Waals surface area contributed by atoms with Gasteiger partial charge in [-0.25, -0.2) is 0 Å². The molecule has 6 rings (SSSR count). The predicted octanol–water partition coefficient (Wildman–Crippen LogP) is 5.34. The molecule has 0 spiro atoms. The third-order valence-electron chi connectivity index (χ3n) is 13.6. The number of anilines is 1. The average Bonchev–Trinajstić information content (AvgIpc) is 3.49. The fourth-order valence-corrected chi connectivity index (χ4v) is 10.4. The second kappa shape index (κ2) is 17.2. The number of carbonyl (C=O) groups excluding carboxylic acids is 3. The van der Waals surface area contributed by atoms with E-state index in [2.05, 4.69) is 29.6 Å². The van der Waals surface area contributed by atoms with E-state index in [1.54, 1.807) is 6.92 Å². The molecule has 0 radical (unpaired) electrons. The smallest absolute Gasteiger partial charge is 0.311 e. The normalized spacial score (nSPS) is 43.4. The number of esters is 2. The van der Waals surface area contributed by atoms with E-state index in [9.17, 15) is 19.5 Å². The van der Waals surface area contributed by atoms with Gasteiger partial charge in [-0.05, 0) is 90.6 Å². The number of para-hydroxylation sites is 1. The van der Waals surface area contributed by atoms with Crippen LogP contribution in [0.1, 0.15) is 86.6 Å². The number of cyclic esters (lactones) is 1. The number of hydrogen-bond acceptors (Lipinski definition) is 12. The van der Waals surface area contributed by atoms with E-state index in [-0.39, 0.29) is 49.9 Å². The van der Waals surface area contributed by atoms with Crippen molar-refractivity contribution in [2.75, 3.05) is 39.2 Å². The van der Waals surface area contributed by atoms with Crippen molar-refractivity contribution in [2.45, 2.75) is 142 Å². The molecule has 1 aromatic carbocycles. The van der Waals surface area contributed by atoms with Crippen LogP contribution in [-0.2, 0) is 49.2 Å². The van der Waals surface area contributed by atoms with E-state index in [4.69, 9.17) is 28.4 Å². The van der Waals surface area contributed by atoms with Crippen LogP contribution >= 0.6 is 0 Å². The van der Waals surface area contributed by atoms with Crippen molar-refractivity contribution in [2.24, 2.45) is 35.5 Å². The van der Waals surface area contributed by atoms with Gasteiger partial charge in [0, 0.05) is 41.9 Å². The summed E-state index contributed by atoms with van der Waals surface area (Å²) in [5.41, 5.74) is 0.994. The minimum atomic E-state index is -1.18. The molecule has 5 aliphatic rings. The maximum absolute atomic E-state index is 14.6. The number of ketones is 1. The lowest BCUT2D eigenvalue weighted by molar-refractivity contribution is -0.302. The molecular formula is C44H66N2O10. The molecule has 5 heterocycles. The molecule has 0 amide bonds. The SMILES string of the molecule is CC[C@H]1OC(=O)[C@H](C)[C@H]2OCC(=CC3CNc4ccccc4C3)CO[C@](C)(C[C@@H](C)C(=O)[C@H](C)[C@@H]3CC(=O)O[C@]13C)[C@H](O[C@@H]1O[C@H](C)C[C@H](N(C)C)[C@H]1O)[C@@H]2C. The number of rotatable bonds is 5. The van der Waals surface area contributed by atoms with E-state index < -0.39 is 83.4 Å². The number of likely N-dealkylation sites (N-methyl/N-ethyl adjacent to an activating group) is 1. The highest BCUT2D eigenvalue weighted by Gasteiger charge is 2.57. The number of nitrogens with zero attached hydrogens (tertiary/aromatic N) is 1. The van der Waals surface area contributed by atoms with E-state index >= 15 is 0 Å². The van der Waals surface area contributed by atoms with Crippen molar-refractivity contribution in [3.63, 3.8) is 0 Å². The van der Waals surface area contributed by atoms with Crippen molar-refractivity contribution < 1.29 is 47.9 Å². The molecule has 0 saturated carbocycles. The van der Waals surface area contributed by atoms with E-state index in [1.807, 2.05) is 73.5 Å². The van der Waals surface area contributed by atoms with Gasteiger partial charge in [-0.15, -0.1) is 0 Å². The van der Waals surface area contributed by atoms with Crippen molar-refractivity contribution in [1.82, 2.24) is 4.90 Å². The summed E-state index contributed by atoms with van der Waals surface area (Å²) in [6, 6.07) is 8.10. The second-order valence-corrected chi connectivity index (χ2v) is 18.1. The number of ether oxygens (including phenoxy) is 6. The molecular weight excluding hydrogens is 716 g/mol. The number of fused-ring (bicyclic) bond motifs is 5. The van der Waals surface area contributed by atoms with Crippen LogP contribution in [0.2, 0.25) is 0 Å². The summed E-state index contributed by atoms with van der Waals surface area (Å²) < 4.78 is 39.6. The number of nitrogens with one attached hydrogen (secondary N) is 1. The fourth-order valence-electron chi connectivity index (χ4n) is 10.4. The number of aliphatic hydroxyl groups excluding tert-OH is 1. The minimum Gasteiger partial charge on any atom is -0.458 e. The maximum Gasteiger partial charge on any atom is 0.311 e. The highest BCUT2D eigenvalue weighted by atomic mass is 16.7. The molecule has 15 atom stereocenters. The Morgan fingerprint density at radius 2 is 1.75 bits per heavy atom. The van der Waals surface area contributed by atoms with Crippen LogP contribution in [0.5, 0.6) is 0 Å². The summed E-state index contributed by atoms with van der Waals surface area (Å²) in [7, 11) is 3.86. The molecule has 2 N–H and O–H groups in total. The zero-order valence-corrected chi connectivity index (χ0v) is 35.1. The molecule has 12 heteroatoms.